The first-order valence-electron chi connectivity index (χ1n) is 12.5. The molecule has 0 bridgehead atoms. The SMILES string of the molecule is C=CCCCCCCCCCCCCCCCCCO[C@H]1[C@@H]([C@H](O)CO)OC[C@@H]1O. The van der Waals surface area contributed by atoms with E-state index >= 15 is 0 Å². The van der Waals surface area contributed by atoms with Crippen LogP contribution in [-0.4, -0.2) is 59.6 Å². The fourth-order valence-electron chi connectivity index (χ4n) is 4.17. The minimum absolute atomic E-state index is 0.155. The molecule has 0 aliphatic carbocycles. The third-order valence-electron chi connectivity index (χ3n) is 6.09. The van der Waals surface area contributed by atoms with Crippen molar-refractivity contribution in [3.8, 4) is 0 Å². The Morgan fingerprint density at radius 1 is 0.833 bits per heavy atom. The van der Waals surface area contributed by atoms with Crippen molar-refractivity contribution in [2.75, 3.05) is 19.8 Å². The fourth-order valence-corrected chi connectivity index (χ4v) is 4.17. The van der Waals surface area contributed by atoms with Gasteiger partial charge in [-0.25, -0.2) is 0 Å². The van der Waals surface area contributed by atoms with Gasteiger partial charge in [0.05, 0.1) is 13.2 Å². The second-order valence-electron chi connectivity index (χ2n) is 8.83. The van der Waals surface area contributed by atoms with Crippen molar-refractivity contribution in [1.82, 2.24) is 0 Å². The molecule has 1 rings (SSSR count). The molecule has 0 aromatic carbocycles. The van der Waals surface area contributed by atoms with E-state index in [1.165, 1.54) is 89.9 Å². The minimum Gasteiger partial charge on any atom is -0.394 e. The zero-order valence-corrected chi connectivity index (χ0v) is 19.2. The number of aliphatic hydroxyl groups is 3. The van der Waals surface area contributed by atoms with Gasteiger partial charge in [-0.05, 0) is 19.3 Å². The van der Waals surface area contributed by atoms with Crippen LogP contribution in [0.2, 0.25) is 0 Å². The third-order valence-corrected chi connectivity index (χ3v) is 6.09. The van der Waals surface area contributed by atoms with Crippen molar-refractivity contribution < 1.29 is 24.8 Å². The molecule has 1 heterocycles. The molecule has 0 radical (unpaired) electrons. The number of allylic oxidation sites excluding steroid dienone is 1. The maximum absolute atomic E-state index is 9.90. The topological polar surface area (TPSA) is 79.2 Å². The van der Waals surface area contributed by atoms with Crippen LogP contribution in [0, 0.1) is 0 Å². The van der Waals surface area contributed by atoms with Crippen molar-refractivity contribution in [3.05, 3.63) is 12.7 Å². The summed E-state index contributed by atoms with van der Waals surface area (Å²) in [6.07, 6.45) is 20.0. The van der Waals surface area contributed by atoms with Gasteiger partial charge in [-0.1, -0.05) is 89.5 Å². The van der Waals surface area contributed by atoms with Crippen LogP contribution in [0.4, 0.5) is 0 Å². The molecule has 3 N–H and O–H groups in total. The van der Waals surface area contributed by atoms with E-state index in [0.29, 0.717) is 6.61 Å². The highest BCUT2D eigenvalue weighted by atomic mass is 16.6. The number of rotatable bonds is 21. The molecule has 5 nitrogen and oxygen atoms in total. The Bertz CT molecular complexity index is 390. The van der Waals surface area contributed by atoms with Gasteiger partial charge in [0.1, 0.15) is 24.4 Å². The second-order valence-corrected chi connectivity index (χ2v) is 8.83. The predicted octanol–water partition coefficient (Wildman–Crippen LogP) is 4.91. The molecule has 0 aromatic rings. The Labute approximate surface area is 184 Å². The Morgan fingerprint density at radius 2 is 1.30 bits per heavy atom. The molecule has 0 spiro atoms. The Balaban J connectivity index is 1.81. The highest BCUT2D eigenvalue weighted by molar-refractivity contribution is 4.89. The molecule has 178 valence electrons. The Hall–Kier alpha value is -0.460. The van der Waals surface area contributed by atoms with Crippen LogP contribution in [0.15, 0.2) is 12.7 Å². The molecular weight excluding hydrogens is 380 g/mol. The summed E-state index contributed by atoms with van der Waals surface area (Å²) in [7, 11) is 0. The van der Waals surface area contributed by atoms with E-state index < -0.39 is 24.4 Å². The van der Waals surface area contributed by atoms with Gasteiger partial charge in [-0.3, -0.25) is 0 Å². The lowest BCUT2D eigenvalue weighted by atomic mass is 10.0. The van der Waals surface area contributed by atoms with Crippen LogP contribution in [0.3, 0.4) is 0 Å². The van der Waals surface area contributed by atoms with E-state index in [1.54, 1.807) is 0 Å². The van der Waals surface area contributed by atoms with Crippen LogP contribution in [-0.2, 0) is 9.47 Å². The van der Waals surface area contributed by atoms with Crippen LogP contribution < -0.4 is 0 Å². The first kappa shape index (κ1) is 27.6. The molecule has 0 amide bonds. The van der Waals surface area contributed by atoms with Crippen molar-refractivity contribution >= 4 is 0 Å². The van der Waals surface area contributed by atoms with E-state index in [4.69, 9.17) is 14.6 Å². The molecule has 1 fully saturated rings. The van der Waals surface area contributed by atoms with Crippen molar-refractivity contribution in [3.63, 3.8) is 0 Å². The van der Waals surface area contributed by atoms with Gasteiger partial charge in [-0.15, -0.1) is 6.58 Å². The van der Waals surface area contributed by atoms with Crippen molar-refractivity contribution in [1.29, 1.82) is 0 Å². The van der Waals surface area contributed by atoms with E-state index in [9.17, 15) is 10.2 Å². The smallest absolute Gasteiger partial charge is 0.114 e. The fraction of sp³-hybridized carbons (Fsp3) is 0.920. The van der Waals surface area contributed by atoms with Gasteiger partial charge in [0.25, 0.3) is 0 Å². The third kappa shape index (κ3) is 13.1. The van der Waals surface area contributed by atoms with E-state index in [2.05, 4.69) is 6.58 Å². The molecule has 4 atom stereocenters. The second kappa shape index (κ2) is 19.2. The van der Waals surface area contributed by atoms with Gasteiger partial charge in [-0.2, -0.15) is 0 Å². The molecule has 0 saturated carbocycles. The summed E-state index contributed by atoms with van der Waals surface area (Å²) < 4.78 is 11.1. The average Bonchev–Trinajstić information content (AvgIpc) is 3.12. The Kier molecular flexibility index (Phi) is 17.7. The first-order valence-corrected chi connectivity index (χ1v) is 12.5. The zero-order valence-electron chi connectivity index (χ0n) is 19.2. The van der Waals surface area contributed by atoms with Gasteiger partial charge >= 0.3 is 0 Å². The number of hydrogen-bond acceptors (Lipinski definition) is 5. The largest absolute Gasteiger partial charge is 0.394 e. The summed E-state index contributed by atoms with van der Waals surface area (Å²) in [4.78, 5) is 0. The van der Waals surface area contributed by atoms with Gasteiger partial charge in [0, 0.05) is 6.61 Å². The normalized spacial score (nSPS) is 22.4. The highest BCUT2D eigenvalue weighted by Crippen LogP contribution is 2.21. The number of ether oxygens (including phenoxy) is 2. The monoisotopic (exact) mass is 428 g/mol. The summed E-state index contributed by atoms with van der Waals surface area (Å²) in [6.45, 7) is 4.10. The summed E-state index contributed by atoms with van der Waals surface area (Å²) >= 11 is 0. The van der Waals surface area contributed by atoms with Gasteiger partial charge in [0.2, 0.25) is 0 Å². The highest BCUT2D eigenvalue weighted by Gasteiger charge is 2.40. The van der Waals surface area contributed by atoms with Crippen molar-refractivity contribution in [2.24, 2.45) is 0 Å². The summed E-state index contributed by atoms with van der Waals surface area (Å²) in [5, 5.41) is 28.7. The Morgan fingerprint density at radius 3 is 1.77 bits per heavy atom. The molecular formula is C25H48O5. The zero-order chi connectivity index (χ0) is 21.9. The van der Waals surface area contributed by atoms with Gasteiger partial charge in [0.15, 0.2) is 0 Å². The summed E-state index contributed by atoms with van der Waals surface area (Å²) in [5.74, 6) is 0. The lowest BCUT2D eigenvalue weighted by Gasteiger charge is -2.23. The van der Waals surface area contributed by atoms with Crippen LogP contribution in [0.5, 0.6) is 0 Å². The molecule has 1 aliphatic rings. The lowest BCUT2D eigenvalue weighted by molar-refractivity contribution is -0.0938. The van der Waals surface area contributed by atoms with Crippen LogP contribution in [0.1, 0.15) is 103 Å². The van der Waals surface area contributed by atoms with Crippen LogP contribution >= 0.6 is 0 Å². The van der Waals surface area contributed by atoms with Crippen molar-refractivity contribution in [2.45, 2.75) is 127 Å². The average molecular weight is 429 g/mol. The number of hydrogen-bond donors (Lipinski definition) is 3. The first-order chi connectivity index (χ1) is 14.7. The van der Waals surface area contributed by atoms with E-state index in [1.807, 2.05) is 6.08 Å². The molecule has 0 unspecified atom stereocenters. The standard InChI is InChI=1S/C25H48O5/c1-2-3-4-5-6-7-8-9-10-11-12-13-14-15-16-17-18-19-29-25-23(28)21-30-24(25)22(27)20-26/h2,22-28H,1,3-21H2/t22-,23+,24-,25-/m1/s1. The molecule has 5 heteroatoms. The number of aliphatic hydroxyl groups excluding tert-OH is 3. The maximum atomic E-state index is 9.90. The maximum Gasteiger partial charge on any atom is 0.114 e. The van der Waals surface area contributed by atoms with E-state index in [-0.39, 0.29) is 13.2 Å². The quantitative estimate of drug-likeness (QED) is 0.179. The van der Waals surface area contributed by atoms with Gasteiger partial charge < -0.3 is 24.8 Å². The van der Waals surface area contributed by atoms with E-state index in [0.717, 1.165) is 12.8 Å². The summed E-state index contributed by atoms with van der Waals surface area (Å²) in [6, 6.07) is 0. The minimum atomic E-state index is -1.00. The number of unbranched alkanes of at least 4 members (excludes halogenated alkanes) is 15. The molecule has 1 aliphatic heterocycles. The summed E-state index contributed by atoms with van der Waals surface area (Å²) in [5.41, 5.74) is 0. The molecule has 30 heavy (non-hydrogen) atoms. The lowest BCUT2D eigenvalue weighted by Crippen LogP contribution is -2.42. The molecule has 0 aromatic heterocycles. The molecule has 1 saturated heterocycles. The van der Waals surface area contributed by atoms with Crippen LogP contribution in [0.25, 0.3) is 0 Å². The predicted molar refractivity (Wildman–Crippen MR) is 123 cm³/mol.